The SMILES string of the molecule is COc1ccc(NC(=O)CCc2cc(S(=O)(=O)N3CCOCC3)ccc2OC)c(OC)c1. The van der Waals surface area contributed by atoms with Crippen molar-refractivity contribution in [2.75, 3.05) is 52.9 Å². The maximum absolute atomic E-state index is 13.0. The van der Waals surface area contributed by atoms with Crippen LogP contribution in [0.2, 0.25) is 0 Å². The average molecular weight is 465 g/mol. The summed E-state index contributed by atoms with van der Waals surface area (Å²) in [6, 6.07) is 9.82. The number of aryl methyl sites for hydroxylation is 1. The minimum Gasteiger partial charge on any atom is -0.497 e. The summed E-state index contributed by atoms with van der Waals surface area (Å²) in [5.41, 5.74) is 1.16. The molecule has 9 nitrogen and oxygen atoms in total. The molecule has 0 atom stereocenters. The fraction of sp³-hybridized carbons (Fsp3) is 0.409. The molecule has 0 spiro atoms. The van der Waals surface area contributed by atoms with Crippen molar-refractivity contribution in [2.24, 2.45) is 0 Å². The highest BCUT2D eigenvalue weighted by Crippen LogP contribution is 2.30. The number of nitrogens with one attached hydrogen (secondary N) is 1. The van der Waals surface area contributed by atoms with Gasteiger partial charge in [0.1, 0.15) is 17.2 Å². The molecule has 3 rings (SSSR count). The molecule has 174 valence electrons. The van der Waals surface area contributed by atoms with Gasteiger partial charge in [0.25, 0.3) is 0 Å². The van der Waals surface area contributed by atoms with Crippen molar-refractivity contribution in [1.82, 2.24) is 4.31 Å². The molecule has 0 aromatic heterocycles. The summed E-state index contributed by atoms with van der Waals surface area (Å²) in [4.78, 5) is 12.7. The van der Waals surface area contributed by atoms with E-state index >= 15 is 0 Å². The molecule has 2 aromatic carbocycles. The zero-order chi connectivity index (χ0) is 23.1. The van der Waals surface area contributed by atoms with Gasteiger partial charge in [0.15, 0.2) is 0 Å². The molecule has 1 aliphatic heterocycles. The van der Waals surface area contributed by atoms with Crippen molar-refractivity contribution < 1.29 is 32.2 Å². The second-order valence-corrected chi connectivity index (χ2v) is 9.04. The van der Waals surface area contributed by atoms with Gasteiger partial charge in [-0.05, 0) is 42.3 Å². The number of hydrogen-bond acceptors (Lipinski definition) is 7. The van der Waals surface area contributed by atoms with Gasteiger partial charge in [0.2, 0.25) is 15.9 Å². The summed E-state index contributed by atoms with van der Waals surface area (Å²) < 4.78 is 48.4. The highest BCUT2D eigenvalue weighted by atomic mass is 32.2. The van der Waals surface area contributed by atoms with E-state index in [1.807, 2.05) is 0 Å². The van der Waals surface area contributed by atoms with Crippen molar-refractivity contribution in [3.63, 3.8) is 0 Å². The molecule has 0 bridgehead atoms. The molecular formula is C22H28N2O7S. The van der Waals surface area contributed by atoms with Gasteiger partial charge < -0.3 is 24.3 Å². The van der Waals surface area contributed by atoms with Gasteiger partial charge in [0, 0.05) is 25.6 Å². The second kappa shape index (κ2) is 10.7. The lowest BCUT2D eigenvalue weighted by atomic mass is 10.1. The second-order valence-electron chi connectivity index (χ2n) is 7.10. The molecule has 0 unspecified atom stereocenters. The van der Waals surface area contributed by atoms with Crippen LogP contribution in [-0.4, -0.2) is 66.3 Å². The number of anilines is 1. The van der Waals surface area contributed by atoms with Crippen LogP contribution >= 0.6 is 0 Å². The number of ether oxygens (including phenoxy) is 4. The van der Waals surface area contributed by atoms with Crippen molar-refractivity contribution in [3.8, 4) is 17.2 Å². The molecule has 1 fully saturated rings. The van der Waals surface area contributed by atoms with E-state index in [2.05, 4.69) is 5.32 Å². The predicted octanol–water partition coefficient (Wildman–Crippen LogP) is 2.30. The lowest BCUT2D eigenvalue weighted by molar-refractivity contribution is -0.116. The number of nitrogens with zero attached hydrogens (tertiary/aromatic N) is 1. The van der Waals surface area contributed by atoms with Gasteiger partial charge in [-0.2, -0.15) is 4.31 Å². The monoisotopic (exact) mass is 464 g/mol. The Kier molecular flexibility index (Phi) is 7.94. The summed E-state index contributed by atoms with van der Waals surface area (Å²) in [6.45, 7) is 1.38. The first kappa shape index (κ1) is 23.8. The Labute approximate surface area is 188 Å². The molecule has 0 aliphatic carbocycles. The van der Waals surface area contributed by atoms with Crippen molar-refractivity contribution in [3.05, 3.63) is 42.0 Å². The van der Waals surface area contributed by atoms with E-state index in [1.165, 1.54) is 24.6 Å². The van der Waals surface area contributed by atoms with Crippen LogP contribution in [0.25, 0.3) is 0 Å². The van der Waals surface area contributed by atoms with E-state index in [9.17, 15) is 13.2 Å². The first-order valence-corrected chi connectivity index (χ1v) is 11.6. The Hall–Kier alpha value is -2.82. The third-order valence-electron chi connectivity index (χ3n) is 5.16. The Morgan fingerprint density at radius 2 is 1.72 bits per heavy atom. The Morgan fingerprint density at radius 3 is 2.38 bits per heavy atom. The number of carbonyl (C=O) groups is 1. The lowest BCUT2D eigenvalue weighted by Crippen LogP contribution is -2.40. The Morgan fingerprint density at radius 1 is 1.00 bits per heavy atom. The average Bonchev–Trinajstić information content (AvgIpc) is 2.83. The molecule has 0 saturated carbocycles. The van der Waals surface area contributed by atoms with Crippen LogP contribution < -0.4 is 19.5 Å². The quantitative estimate of drug-likeness (QED) is 0.607. The predicted molar refractivity (Wildman–Crippen MR) is 119 cm³/mol. The number of methoxy groups -OCH3 is 3. The van der Waals surface area contributed by atoms with Crippen molar-refractivity contribution in [1.29, 1.82) is 0 Å². The summed E-state index contributed by atoms with van der Waals surface area (Å²) in [7, 11) is 0.927. The molecule has 1 N–H and O–H groups in total. The number of rotatable bonds is 9. The van der Waals surface area contributed by atoms with E-state index in [0.29, 0.717) is 61.2 Å². The first-order chi connectivity index (χ1) is 15.4. The van der Waals surface area contributed by atoms with Gasteiger partial charge in [-0.1, -0.05) is 0 Å². The van der Waals surface area contributed by atoms with Crippen LogP contribution in [0.3, 0.4) is 0 Å². The summed E-state index contributed by atoms with van der Waals surface area (Å²) in [5.74, 6) is 1.38. The van der Waals surface area contributed by atoms with Crippen LogP contribution in [-0.2, 0) is 26.0 Å². The van der Waals surface area contributed by atoms with Gasteiger partial charge >= 0.3 is 0 Å². The zero-order valence-corrected chi connectivity index (χ0v) is 19.2. The third-order valence-corrected chi connectivity index (χ3v) is 7.06. The molecule has 1 heterocycles. The van der Waals surface area contributed by atoms with E-state index in [1.54, 1.807) is 37.4 Å². The van der Waals surface area contributed by atoms with Crippen molar-refractivity contribution in [2.45, 2.75) is 17.7 Å². The maximum atomic E-state index is 13.0. The molecule has 10 heteroatoms. The van der Waals surface area contributed by atoms with Crippen LogP contribution in [0.4, 0.5) is 5.69 Å². The first-order valence-electron chi connectivity index (χ1n) is 10.2. The largest absolute Gasteiger partial charge is 0.497 e. The molecule has 0 radical (unpaired) electrons. The molecule has 1 amide bonds. The third kappa shape index (κ3) is 5.50. The van der Waals surface area contributed by atoms with Gasteiger partial charge in [-0.25, -0.2) is 8.42 Å². The number of sulfonamides is 1. The Bertz CT molecular complexity index is 1050. The molecule has 1 saturated heterocycles. The molecule has 32 heavy (non-hydrogen) atoms. The molecule has 1 aliphatic rings. The Balaban J connectivity index is 1.73. The van der Waals surface area contributed by atoms with Crippen molar-refractivity contribution >= 4 is 21.6 Å². The minimum atomic E-state index is -3.64. The van der Waals surface area contributed by atoms with E-state index in [0.717, 1.165) is 0 Å². The number of hydrogen-bond donors (Lipinski definition) is 1. The fourth-order valence-electron chi connectivity index (χ4n) is 3.41. The lowest BCUT2D eigenvalue weighted by Gasteiger charge is -2.26. The highest BCUT2D eigenvalue weighted by Gasteiger charge is 2.27. The van der Waals surface area contributed by atoms with E-state index < -0.39 is 10.0 Å². The van der Waals surface area contributed by atoms with Gasteiger partial charge in [0.05, 0.1) is 45.1 Å². The number of morpholine rings is 1. The normalized spacial score (nSPS) is 14.6. The summed E-state index contributed by atoms with van der Waals surface area (Å²) >= 11 is 0. The van der Waals surface area contributed by atoms with Crippen LogP contribution in [0, 0.1) is 0 Å². The number of amides is 1. The maximum Gasteiger partial charge on any atom is 0.243 e. The van der Waals surface area contributed by atoms with E-state index in [-0.39, 0.29) is 17.2 Å². The summed E-state index contributed by atoms with van der Waals surface area (Å²) in [5, 5.41) is 2.82. The van der Waals surface area contributed by atoms with Gasteiger partial charge in [-0.3, -0.25) is 4.79 Å². The fourth-order valence-corrected chi connectivity index (χ4v) is 4.87. The summed E-state index contributed by atoms with van der Waals surface area (Å²) in [6.07, 6.45) is 0.437. The van der Waals surface area contributed by atoms with Crippen LogP contribution in [0.5, 0.6) is 17.2 Å². The van der Waals surface area contributed by atoms with E-state index in [4.69, 9.17) is 18.9 Å². The van der Waals surface area contributed by atoms with Gasteiger partial charge in [-0.15, -0.1) is 0 Å². The topological polar surface area (TPSA) is 103 Å². The zero-order valence-electron chi connectivity index (χ0n) is 18.4. The minimum absolute atomic E-state index is 0.132. The molecule has 2 aromatic rings. The standard InChI is InChI=1S/C22H28N2O7S/c1-28-17-5-7-19(21(15-17)30-3)23-22(25)9-4-16-14-18(6-8-20(16)29-2)32(26,27)24-10-12-31-13-11-24/h5-8,14-15H,4,9-13H2,1-3H3,(H,23,25). The molecular weight excluding hydrogens is 436 g/mol. The highest BCUT2D eigenvalue weighted by molar-refractivity contribution is 7.89. The number of benzene rings is 2. The number of carbonyl (C=O) groups excluding carboxylic acids is 1. The van der Waals surface area contributed by atoms with Crippen LogP contribution in [0.1, 0.15) is 12.0 Å². The smallest absolute Gasteiger partial charge is 0.243 e. The van der Waals surface area contributed by atoms with Crippen LogP contribution in [0.15, 0.2) is 41.3 Å².